The van der Waals surface area contributed by atoms with E-state index in [-0.39, 0.29) is 18.0 Å². The first kappa shape index (κ1) is 16.8. The second-order valence-corrected chi connectivity index (χ2v) is 6.84. The van der Waals surface area contributed by atoms with Crippen molar-refractivity contribution in [1.82, 2.24) is 16.0 Å². The molecule has 0 aromatic heterocycles. The summed E-state index contributed by atoms with van der Waals surface area (Å²) in [5, 5.41) is 8.87. The highest BCUT2D eigenvalue weighted by molar-refractivity contribution is 5.78. The molecule has 1 fully saturated rings. The van der Waals surface area contributed by atoms with Crippen LogP contribution in [0.5, 0.6) is 0 Å². The maximum Gasteiger partial charge on any atom is 0.315 e. The van der Waals surface area contributed by atoms with E-state index < -0.39 is 0 Å². The minimum atomic E-state index is -0.152. The average Bonchev–Trinajstić information content (AvgIpc) is 2.99. The van der Waals surface area contributed by atoms with Crippen LogP contribution >= 0.6 is 0 Å². The van der Waals surface area contributed by atoms with Crippen LogP contribution in [0, 0.1) is 0 Å². The van der Waals surface area contributed by atoms with Crippen molar-refractivity contribution in [3.8, 4) is 0 Å². The summed E-state index contributed by atoms with van der Waals surface area (Å²) in [6.07, 6.45) is 8.07. The number of benzene rings is 1. The maximum absolute atomic E-state index is 12.1. The van der Waals surface area contributed by atoms with Gasteiger partial charge in [0.05, 0.1) is 6.04 Å². The van der Waals surface area contributed by atoms with Gasteiger partial charge in [-0.25, -0.2) is 4.79 Å². The normalized spacial score (nSPS) is 20.2. The fraction of sp³-hybridized carbons (Fsp3) is 0.579. The van der Waals surface area contributed by atoms with Crippen LogP contribution in [-0.2, 0) is 11.2 Å². The highest BCUT2D eigenvalue weighted by Gasteiger charge is 2.23. The SMILES string of the molecule is O=C(CCNC(=O)NC1CCCCC1)NC1CCc2ccccc21. The molecule has 0 heterocycles. The monoisotopic (exact) mass is 329 g/mol. The third kappa shape index (κ3) is 4.49. The topological polar surface area (TPSA) is 70.2 Å². The Labute approximate surface area is 143 Å². The molecular formula is C19H27N3O2. The molecule has 1 unspecified atom stereocenters. The molecule has 2 aliphatic rings. The largest absolute Gasteiger partial charge is 0.349 e. The molecule has 5 heteroatoms. The lowest BCUT2D eigenvalue weighted by Crippen LogP contribution is -2.43. The zero-order valence-electron chi connectivity index (χ0n) is 14.1. The summed E-state index contributed by atoms with van der Waals surface area (Å²) in [5.41, 5.74) is 2.56. The standard InChI is InChI=1S/C19H27N3O2/c23-18(22-17-11-10-14-6-4-5-9-16(14)17)12-13-20-19(24)21-15-7-2-1-3-8-15/h4-6,9,15,17H,1-3,7-8,10-13H2,(H,22,23)(H2,20,21,24). The number of nitrogens with one attached hydrogen (secondary N) is 3. The molecule has 24 heavy (non-hydrogen) atoms. The van der Waals surface area contributed by atoms with E-state index in [1.807, 2.05) is 12.1 Å². The van der Waals surface area contributed by atoms with E-state index in [4.69, 9.17) is 0 Å². The van der Waals surface area contributed by atoms with E-state index in [9.17, 15) is 9.59 Å². The summed E-state index contributed by atoms with van der Waals surface area (Å²) in [6, 6.07) is 8.52. The molecule has 3 amide bonds. The number of aryl methyl sites for hydroxylation is 1. The summed E-state index contributed by atoms with van der Waals surface area (Å²) in [6.45, 7) is 0.374. The summed E-state index contributed by atoms with van der Waals surface area (Å²) in [4.78, 5) is 23.9. The molecule has 1 atom stereocenters. The van der Waals surface area contributed by atoms with E-state index in [0.717, 1.165) is 25.7 Å². The van der Waals surface area contributed by atoms with Gasteiger partial charge in [0.1, 0.15) is 0 Å². The molecule has 0 bridgehead atoms. The van der Waals surface area contributed by atoms with Gasteiger partial charge < -0.3 is 16.0 Å². The first-order valence-electron chi connectivity index (χ1n) is 9.14. The Morgan fingerprint density at radius 2 is 1.79 bits per heavy atom. The Balaban J connectivity index is 1.35. The molecule has 0 aliphatic heterocycles. The van der Waals surface area contributed by atoms with Crippen molar-refractivity contribution in [2.24, 2.45) is 0 Å². The van der Waals surface area contributed by atoms with Gasteiger partial charge in [-0.15, -0.1) is 0 Å². The van der Waals surface area contributed by atoms with Gasteiger partial charge in [-0.1, -0.05) is 43.5 Å². The molecule has 0 spiro atoms. The number of hydrogen-bond acceptors (Lipinski definition) is 2. The first-order chi connectivity index (χ1) is 11.7. The van der Waals surface area contributed by atoms with Crippen molar-refractivity contribution in [2.45, 2.75) is 63.5 Å². The molecule has 5 nitrogen and oxygen atoms in total. The number of urea groups is 1. The van der Waals surface area contributed by atoms with Gasteiger partial charge in [0.25, 0.3) is 0 Å². The summed E-state index contributed by atoms with van der Waals surface area (Å²) in [5.74, 6) is -0.00494. The van der Waals surface area contributed by atoms with Crippen LogP contribution in [0.4, 0.5) is 4.79 Å². The van der Waals surface area contributed by atoms with Crippen LogP contribution in [0.25, 0.3) is 0 Å². The minimum Gasteiger partial charge on any atom is -0.349 e. The Hall–Kier alpha value is -2.04. The predicted octanol–water partition coefficient (Wildman–Crippen LogP) is 2.81. The van der Waals surface area contributed by atoms with Crippen LogP contribution in [-0.4, -0.2) is 24.5 Å². The number of fused-ring (bicyclic) bond motifs is 1. The Kier molecular flexibility index (Phi) is 5.72. The van der Waals surface area contributed by atoms with Gasteiger partial charge >= 0.3 is 6.03 Å². The molecule has 1 saturated carbocycles. The van der Waals surface area contributed by atoms with Crippen molar-refractivity contribution >= 4 is 11.9 Å². The lowest BCUT2D eigenvalue weighted by Gasteiger charge is -2.22. The van der Waals surface area contributed by atoms with Crippen molar-refractivity contribution in [1.29, 1.82) is 0 Å². The molecule has 0 saturated heterocycles. The van der Waals surface area contributed by atoms with Gasteiger partial charge in [-0.2, -0.15) is 0 Å². The quantitative estimate of drug-likeness (QED) is 0.777. The molecule has 3 N–H and O–H groups in total. The Bertz CT molecular complexity index is 582. The van der Waals surface area contributed by atoms with Crippen LogP contribution in [0.3, 0.4) is 0 Å². The zero-order chi connectivity index (χ0) is 16.8. The molecule has 1 aromatic carbocycles. The minimum absolute atomic E-state index is 0.00494. The number of carbonyl (C=O) groups excluding carboxylic acids is 2. The Morgan fingerprint density at radius 3 is 2.62 bits per heavy atom. The van der Waals surface area contributed by atoms with Crippen molar-refractivity contribution in [2.75, 3.05) is 6.54 Å². The lowest BCUT2D eigenvalue weighted by atomic mass is 9.96. The predicted molar refractivity (Wildman–Crippen MR) is 93.7 cm³/mol. The average molecular weight is 329 g/mol. The van der Waals surface area contributed by atoms with Crippen LogP contribution in [0.2, 0.25) is 0 Å². The zero-order valence-corrected chi connectivity index (χ0v) is 14.1. The van der Waals surface area contributed by atoms with Crippen molar-refractivity contribution < 1.29 is 9.59 Å². The third-order valence-corrected chi connectivity index (χ3v) is 5.05. The van der Waals surface area contributed by atoms with Crippen molar-refractivity contribution in [3.63, 3.8) is 0 Å². The van der Waals surface area contributed by atoms with E-state index in [1.165, 1.54) is 30.4 Å². The summed E-state index contributed by atoms with van der Waals surface area (Å²) in [7, 11) is 0. The lowest BCUT2D eigenvalue weighted by molar-refractivity contribution is -0.121. The first-order valence-corrected chi connectivity index (χ1v) is 9.14. The molecule has 1 aromatic rings. The van der Waals surface area contributed by atoms with Crippen LogP contribution in [0.1, 0.15) is 62.1 Å². The second-order valence-electron chi connectivity index (χ2n) is 6.84. The van der Waals surface area contributed by atoms with E-state index in [2.05, 4.69) is 28.1 Å². The fourth-order valence-electron chi connectivity index (χ4n) is 3.75. The van der Waals surface area contributed by atoms with Gasteiger partial charge in [-0.05, 0) is 36.8 Å². The molecule has 0 radical (unpaired) electrons. The number of carbonyl (C=O) groups is 2. The number of rotatable bonds is 5. The Morgan fingerprint density at radius 1 is 1.00 bits per heavy atom. The summed E-state index contributed by atoms with van der Waals surface area (Å²) < 4.78 is 0. The third-order valence-electron chi connectivity index (χ3n) is 5.05. The van der Waals surface area contributed by atoms with Gasteiger partial charge in [0.15, 0.2) is 0 Å². The number of amides is 3. The van der Waals surface area contributed by atoms with Gasteiger partial charge in [0.2, 0.25) is 5.91 Å². The second kappa shape index (κ2) is 8.18. The van der Waals surface area contributed by atoms with E-state index in [0.29, 0.717) is 19.0 Å². The van der Waals surface area contributed by atoms with Gasteiger partial charge in [0, 0.05) is 19.0 Å². The maximum atomic E-state index is 12.1. The molecule has 2 aliphatic carbocycles. The van der Waals surface area contributed by atoms with Crippen LogP contribution in [0.15, 0.2) is 24.3 Å². The highest BCUT2D eigenvalue weighted by atomic mass is 16.2. The smallest absolute Gasteiger partial charge is 0.315 e. The van der Waals surface area contributed by atoms with E-state index >= 15 is 0 Å². The summed E-state index contributed by atoms with van der Waals surface area (Å²) >= 11 is 0. The van der Waals surface area contributed by atoms with Crippen LogP contribution < -0.4 is 16.0 Å². The molecular weight excluding hydrogens is 302 g/mol. The van der Waals surface area contributed by atoms with Crippen molar-refractivity contribution in [3.05, 3.63) is 35.4 Å². The fourth-order valence-corrected chi connectivity index (χ4v) is 3.75. The molecule has 3 rings (SSSR count). The number of hydrogen-bond donors (Lipinski definition) is 3. The van der Waals surface area contributed by atoms with E-state index in [1.54, 1.807) is 0 Å². The van der Waals surface area contributed by atoms with Gasteiger partial charge in [-0.3, -0.25) is 4.79 Å². The highest BCUT2D eigenvalue weighted by Crippen LogP contribution is 2.30. The molecule has 130 valence electrons.